The summed E-state index contributed by atoms with van der Waals surface area (Å²) in [6, 6.07) is 1.76. The van der Waals surface area contributed by atoms with Crippen LogP contribution in [0.1, 0.15) is 13.8 Å². The van der Waals surface area contributed by atoms with Gasteiger partial charge in [-0.2, -0.15) is 0 Å². The highest BCUT2D eigenvalue weighted by Crippen LogP contribution is 2.26. The zero-order valence-corrected chi connectivity index (χ0v) is 9.87. The summed E-state index contributed by atoms with van der Waals surface area (Å²) in [5.41, 5.74) is -0.515. The highest BCUT2D eigenvalue weighted by atomic mass is 32.2. The molecule has 0 atom stereocenters. The molecule has 0 spiro atoms. The van der Waals surface area contributed by atoms with Crippen molar-refractivity contribution < 1.29 is 9.53 Å². The normalized spacial score (nSPS) is 11.1. The summed E-state index contributed by atoms with van der Waals surface area (Å²) in [6.45, 7) is 3.68. The molecule has 0 aliphatic carbocycles. The molecule has 0 N–H and O–H groups in total. The van der Waals surface area contributed by atoms with Gasteiger partial charge >= 0.3 is 5.97 Å². The third-order valence-corrected chi connectivity index (χ3v) is 3.18. The van der Waals surface area contributed by atoms with Crippen molar-refractivity contribution in [2.24, 2.45) is 5.41 Å². The molecule has 0 aliphatic rings. The zero-order chi connectivity index (χ0) is 11.3. The summed E-state index contributed by atoms with van der Waals surface area (Å²) in [5.74, 6) is 0.384. The van der Waals surface area contributed by atoms with Crippen LogP contribution in [-0.2, 0) is 9.53 Å². The summed E-state index contributed by atoms with van der Waals surface area (Å²) >= 11 is 1.45. The predicted octanol–water partition coefficient (Wildman–Crippen LogP) is 1.77. The largest absolute Gasteiger partial charge is 0.469 e. The van der Waals surface area contributed by atoms with E-state index in [-0.39, 0.29) is 5.97 Å². The highest BCUT2D eigenvalue weighted by molar-refractivity contribution is 7.99. The topological polar surface area (TPSA) is 52.1 Å². The molecule has 82 valence electrons. The SMILES string of the molecule is COC(=O)C(C)(C)CSc1ncccn1. The Balaban J connectivity index is 2.53. The van der Waals surface area contributed by atoms with Gasteiger partial charge in [0.2, 0.25) is 0 Å². The van der Waals surface area contributed by atoms with Gasteiger partial charge in [0.25, 0.3) is 0 Å². The van der Waals surface area contributed by atoms with Crippen LogP contribution in [0.15, 0.2) is 23.6 Å². The number of methoxy groups -OCH3 is 1. The van der Waals surface area contributed by atoms with E-state index in [0.717, 1.165) is 0 Å². The second-order valence-corrected chi connectivity index (χ2v) is 4.64. The average molecular weight is 226 g/mol. The van der Waals surface area contributed by atoms with E-state index < -0.39 is 5.41 Å². The molecule has 0 aliphatic heterocycles. The van der Waals surface area contributed by atoms with Crippen LogP contribution in [0.5, 0.6) is 0 Å². The molecule has 0 fully saturated rings. The smallest absolute Gasteiger partial charge is 0.312 e. The van der Waals surface area contributed by atoms with Crippen LogP contribution in [0, 0.1) is 5.41 Å². The standard InChI is InChI=1S/C10H14N2O2S/c1-10(2,8(13)14-3)7-15-9-11-5-4-6-12-9/h4-6H,7H2,1-3H3. The van der Waals surface area contributed by atoms with Gasteiger partial charge in [0.15, 0.2) is 5.16 Å². The third kappa shape index (κ3) is 3.51. The number of carbonyl (C=O) groups is 1. The number of aromatic nitrogens is 2. The predicted molar refractivity (Wildman–Crippen MR) is 58.6 cm³/mol. The summed E-state index contributed by atoms with van der Waals surface area (Å²) in [5, 5.41) is 0.675. The zero-order valence-electron chi connectivity index (χ0n) is 9.06. The van der Waals surface area contributed by atoms with Crippen molar-refractivity contribution in [3.05, 3.63) is 18.5 Å². The lowest BCUT2D eigenvalue weighted by molar-refractivity contribution is -0.149. The number of carbonyl (C=O) groups excluding carboxylic acids is 1. The van der Waals surface area contributed by atoms with Crippen molar-refractivity contribution in [3.63, 3.8) is 0 Å². The van der Waals surface area contributed by atoms with Gasteiger partial charge in [-0.3, -0.25) is 4.79 Å². The molecule has 0 saturated carbocycles. The molecule has 0 aromatic carbocycles. The van der Waals surface area contributed by atoms with Crippen LogP contribution < -0.4 is 0 Å². The quantitative estimate of drug-likeness (QED) is 0.445. The van der Waals surface area contributed by atoms with Crippen LogP contribution in [0.4, 0.5) is 0 Å². The molecule has 1 heterocycles. The first kappa shape index (κ1) is 12.0. The van der Waals surface area contributed by atoms with Gasteiger partial charge in [0.1, 0.15) is 0 Å². The Morgan fingerprint density at radius 3 is 2.60 bits per heavy atom. The van der Waals surface area contributed by atoms with Gasteiger partial charge in [-0.05, 0) is 19.9 Å². The van der Waals surface area contributed by atoms with Gasteiger partial charge in [-0.15, -0.1) is 0 Å². The van der Waals surface area contributed by atoms with Gasteiger partial charge in [0, 0.05) is 18.1 Å². The fourth-order valence-corrected chi connectivity index (χ4v) is 1.82. The minimum absolute atomic E-state index is 0.217. The maximum absolute atomic E-state index is 11.4. The van der Waals surface area contributed by atoms with E-state index in [0.29, 0.717) is 10.9 Å². The molecule has 0 radical (unpaired) electrons. The Bertz CT molecular complexity index is 327. The maximum Gasteiger partial charge on any atom is 0.312 e. The Labute approximate surface area is 93.5 Å². The van der Waals surface area contributed by atoms with Crippen LogP contribution in [0.25, 0.3) is 0 Å². The molecule has 1 rings (SSSR count). The number of hydrogen-bond acceptors (Lipinski definition) is 5. The lowest BCUT2D eigenvalue weighted by Gasteiger charge is -2.19. The highest BCUT2D eigenvalue weighted by Gasteiger charge is 2.29. The summed E-state index contributed by atoms with van der Waals surface area (Å²) in [4.78, 5) is 19.5. The number of nitrogens with zero attached hydrogens (tertiary/aromatic N) is 2. The van der Waals surface area contributed by atoms with E-state index in [2.05, 4.69) is 9.97 Å². The molecule has 5 heteroatoms. The van der Waals surface area contributed by atoms with E-state index in [9.17, 15) is 4.79 Å². The molecule has 1 aromatic heterocycles. The fraction of sp³-hybridized carbons (Fsp3) is 0.500. The van der Waals surface area contributed by atoms with E-state index in [1.54, 1.807) is 18.5 Å². The van der Waals surface area contributed by atoms with Crippen molar-refractivity contribution in [1.82, 2.24) is 9.97 Å². The average Bonchev–Trinajstić information content (AvgIpc) is 2.27. The van der Waals surface area contributed by atoms with Gasteiger partial charge < -0.3 is 4.74 Å². The molecule has 0 unspecified atom stereocenters. The number of ether oxygens (including phenoxy) is 1. The lowest BCUT2D eigenvalue weighted by atomic mass is 9.97. The van der Waals surface area contributed by atoms with Gasteiger partial charge in [-0.25, -0.2) is 9.97 Å². The molecule has 4 nitrogen and oxygen atoms in total. The summed E-state index contributed by atoms with van der Waals surface area (Å²) < 4.78 is 4.71. The van der Waals surface area contributed by atoms with Crippen LogP contribution in [0.2, 0.25) is 0 Å². The maximum atomic E-state index is 11.4. The van der Waals surface area contributed by atoms with E-state index in [1.165, 1.54) is 18.9 Å². The second-order valence-electron chi connectivity index (χ2n) is 3.70. The molecular formula is C10H14N2O2S. The van der Waals surface area contributed by atoms with Crippen LogP contribution >= 0.6 is 11.8 Å². The molecule has 15 heavy (non-hydrogen) atoms. The number of thioether (sulfide) groups is 1. The van der Waals surface area contributed by atoms with Crippen molar-refractivity contribution in [3.8, 4) is 0 Å². The number of hydrogen-bond donors (Lipinski definition) is 0. The number of rotatable bonds is 4. The molecule has 0 saturated heterocycles. The Kier molecular flexibility index (Phi) is 4.08. The first-order chi connectivity index (χ1) is 7.06. The lowest BCUT2D eigenvalue weighted by Crippen LogP contribution is -2.28. The van der Waals surface area contributed by atoms with E-state index >= 15 is 0 Å². The van der Waals surface area contributed by atoms with Crippen molar-refractivity contribution >= 4 is 17.7 Å². The first-order valence-electron chi connectivity index (χ1n) is 4.54. The van der Waals surface area contributed by atoms with E-state index in [4.69, 9.17) is 4.74 Å². The van der Waals surface area contributed by atoms with E-state index in [1.807, 2.05) is 13.8 Å². The van der Waals surface area contributed by atoms with Crippen molar-refractivity contribution in [2.75, 3.05) is 12.9 Å². The van der Waals surface area contributed by atoms with Crippen molar-refractivity contribution in [2.45, 2.75) is 19.0 Å². The minimum atomic E-state index is -0.515. The minimum Gasteiger partial charge on any atom is -0.469 e. The second kappa shape index (κ2) is 5.11. The molecule has 1 aromatic rings. The first-order valence-corrected chi connectivity index (χ1v) is 5.53. The van der Waals surface area contributed by atoms with Gasteiger partial charge in [0.05, 0.1) is 12.5 Å². The van der Waals surface area contributed by atoms with Crippen molar-refractivity contribution in [1.29, 1.82) is 0 Å². The fourth-order valence-electron chi connectivity index (χ4n) is 0.940. The monoisotopic (exact) mass is 226 g/mol. The van der Waals surface area contributed by atoms with Crippen LogP contribution in [0.3, 0.4) is 0 Å². The summed E-state index contributed by atoms with van der Waals surface area (Å²) in [7, 11) is 1.40. The summed E-state index contributed by atoms with van der Waals surface area (Å²) in [6.07, 6.45) is 3.36. The molecule has 0 bridgehead atoms. The Hall–Kier alpha value is -1.10. The Morgan fingerprint density at radius 1 is 1.47 bits per heavy atom. The molecule has 0 amide bonds. The number of esters is 1. The van der Waals surface area contributed by atoms with Gasteiger partial charge in [-0.1, -0.05) is 11.8 Å². The third-order valence-electron chi connectivity index (χ3n) is 1.84. The van der Waals surface area contributed by atoms with Crippen LogP contribution in [-0.4, -0.2) is 28.8 Å². The Morgan fingerprint density at radius 2 is 2.07 bits per heavy atom. The molecular weight excluding hydrogens is 212 g/mol.